The highest BCUT2D eigenvalue weighted by molar-refractivity contribution is 7.92. The first kappa shape index (κ1) is 19.7. The Morgan fingerprint density at radius 3 is 2.67 bits per heavy atom. The van der Waals surface area contributed by atoms with E-state index < -0.39 is 15.9 Å². The van der Waals surface area contributed by atoms with Crippen molar-refractivity contribution < 1.29 is 18.0 Å². The number of anilines is 1. The molecule has 1 heterocycles. The maximum Gasteiger partial charge on any atom is 0.319 e. The monoisotopic (exact) mass is 393 g/mol. The number of urea groups is 1. The van der Waals surface area contributed by atoms with Gasteiger partial charge in [0.1, 0.15) is 0 Å². The lowest BCUT2D eigenvalue weighted by molar-refractivity contribution is -0.127. The molecule has 7 nitrogen and oxygen atoms in total. The summed E-state index contributed by atoms with van der Waals surface area (Å²) in [6.45, 7) is 3.04. The highest BCUT2D eigenvalue weighted by atomic mass is 32.2. The molecule has 1 aliphatic heterocycles. The van der Waals surface area contributed by atoms with E-state index in [9.17, 15) is 18.0 Å². The van der Waals surface area contributed by atoms with Gasteiger partial charge in [0.25, 0.3) is 0 Å². The van der Waals surface area contributed by atoms with Gasteiger partial charge in [-0.05, 0) is 44.4 Å². The number of rotatable bonds is 6. The molecule has 8 heteroatoms. The van der Waals surface area contributed by atoms with Gasteiger partial charge in [0.05, 0.1) is 10.1 Å². The van der Waals surface area contributed by atoms with Crippen molar-refractivity contribution in [2.75, 3.05) is 18.4 Å². The lowest BCUT2D eigenvalue weighted by Gasteiger charge is -2.22. The van der Waals surface area contributed by atoms with Crippen LogP contribution in [0.2, 0.25) is 0 Å². The molecule has 0 aromatic heterocycles. The number of nitrogens with one attached hydrogen (secondary N) is 2. The Hall–Kier alpha value is -2.09. The Labute approximate surface area is 160 Å². The van der Waals surface area contributed by atoms with E-state index >= 15 is 0 Å². The van der Waals surface area contributed by atoms with Gasteiger partial charge >= 0.3 is 6.03 Å². The molecule has 3 amide bonds. The van der Waals surface area contributed by atoms with E-state index in [4.69, 9.17) is 0 Å². The maximum atomic E-state index is 12.7. The number of carbonyl (C=O) groups is 2. The van der Waals surface area contributed by atoms with E-state index in [1.807, 2.05) is 6.92 Å². The number of likely N-dealkylation sites (tertiary alicyclic amines) is 1. The number of amides is 3. The summed E-state index contributed by atoms with van der Waals surface area (Å²) >= 11 is 0. The highest BCUT2D eigenvalue weighted by Crippen LogP contribution is 2.30. The second-order valence-electron chi connectivity index (χ2n) is 7.42. The first-order valence-electron chi connectivity index (χ1n) is 9.55. The SMILES string of the molecule is C[C@@H](CN1CCCC1=O)NC(=O)Nc1cccc(S(=O)(=O)C2CCCC2)c1. The van der Waals surface area contributed by atoms with Crippen molar-refractivity contribution in [2.24, 2.45) is 0 Å². The zero-order valence-corrected chi connectivity index (χ0v) is 16.4. The van der Waals surface area contributed by atoms with Crippen molar-refractivity contribution in [1.29, 1.82) is 0 Å². The van der Waals surface area contributed by atoms with Crippen molar-refractivity contribution in [2.45, 2.75) is 61.6 Å². The van der Waals surface area contributed by atoms with Crippen molar-refractivity contribution in [3.8, 4) is 0 Å². The van der Waals surface area contributed by atoms with Gasteiger partial charge < -0.3 is 15.5 Å². The van der Waals surface area contributed by atoms with Gasteiger partial charge in [-0.25, -0.2) is 13.2 Å². The third kappa shape index (κ3) is 4.80. The van der Waals surface area contributed by atoms with Crippen molar-refractivity contribution in [3.05, 3.63) is 24.3 Å². The van der Waals surface area contributed by atoms with E-state index in [2.05, 4.69) is 10.6 Å². The minimum Gasteiger partial charge on any atom is -0.341 e. The summed E-state index contributed by atoms with van der Waals surface area (Å²) in [6.07, 6.45) is 4.73. The zero-order valence-electron chi connectivity index (χ0n) is 15.6. The van der Waals surface area contributed by atoms with E-state index in [0.29, 0.717) is 31.5 Å². The molecule has 27 heavy (non-hydrogen) atoms. The van der Waals surface area contributed by atoms with Gasteiger partial charge in [0.15, 0.2) is 9.84 Å². The van der Waals surface area contributed by atoms with Crippen LogP contribution in [-0.2, 0) is 14.6 Å². The molecule has 2 fully saturated rings. The maximum absolute atomic E-state index is 12.7. The van der Waals surface area contributed by atoms with Crippen LogP contribution >= 0.6 is 0 Å². The average Bonchev–Trinajstić information content (AvgIpc) is 3.28. The number of nitrogens with zero attached hydrogens (tertiary/aromatic N) is 1. The van der Waals surface area contributed by atoms with Crippen LogP contribution < -0.4 is 10.6 Å². The standard InChI is InChI=1S/C19H27N3O4S/c1-14(13-22-11-5-10-18(22)23)20-19(24)21-15-6-4-9-17(12-15)27(25,26)16-7-2-3-8-16/h4,6,9,12,14,16H,2-3,5,7-8,10-11,13H2,1H3,(H2,20,21,24)/t14-/m0/s1. The molecule has 2 N–H and O–H groups in total. The lowest BCUT2D eigenvalue weighted by atomic mass is 10.3. The second-order valence-corrected chi connectivity index (χ2v) is 9.65. The van der Waals surface area contributed by atoms with Crippen LogP contribution in [0.5, 0.6) is 0 Å². The first-order chi connectivity index (χ1) is 12.9. The number of carbonyl (C=O) groups excluding carboxylic acids is 2. The molecular weight excluding hydrogens is 366 g/mol. The molecule has 148 valence electrons. The molecule has 2 aliphatic rings. The van der Waals surface area contributed by atoms with Crippen LogP contribution in [0, 0.1) is 0 Å². The molecule has 1 aromatic rings. The van der Waals surface area contributed by atoms with Gasteiger partial charge in [-0.2, -0.15) is 0 Å². The molecule has 0 bridgehead atoms. The number of hydrogen-bond acceptors (Lipinski definition) is 4. The van der Waals surface area contributed by atoms with E-state index in [1.54, 1.807) is 23.1 Å². The third-order valence-corrected chi connectivity index (χ3v) is 7.46. The zero-order chi connectivity index (χ0) is 19.4. The molecule has 1 aromatic carbocycles. The second kappa shape index (κ2) is 8.29. The molecule has 1 saturated heterocycles. The van der Waals surface area contributed by atoms with Gasteiger partial charge in [-0.15, -0.1) is 0 Å². The van der Waals surface area contributed by atoms with Crippen LogP contribution in [0.15, 0.2) is 29.2 Å². The molecular formula is C19H27N3O4S. The van der Waals surface area contributed by atoms with Crippen LogP contribution in [0.3, 0.4) is 0 Å². The number of hydrogen-bond donors (Lipinski definition) is 2. The summed E-state index contributed by atoms with van der Waals surface area (Å²) in [6, 6.07) is 5.80. The lowest BCUT2D eigenvalue weighted by Crippen LogP contribution is -2.44. The summed E-state index contributed by atoms with van der Waals surface area (Å²) in [4.78, 5) is 25.9. The summed E-state index contributed by atoms with van der Waals surface area (Å²) in [5, 5.41) is 5.17. The normalized spacial score (nSPS) is 19.3. The third-order valence-electron chi connectivity index (χ3n) is 5.20. The van der Waals surface area contributed by atoms with Crippen LogP contribution in [0.4, 0.5) is 10.5 Å². The molecule has 1 aliphatic carbocycles. The van der Waals surface area contributed by atoms with Gasteiger partial charge in [0, 0.05) is 31.2 Å². The van der Waals surface area contributed by atoms with Crippen LogP contribution in [0.25, 0.3) is 0 Å². The minimum absolute atomic E-state index is 0.119. The molecule has 0 radical (unpaired) electrons. The van der Waals surface area contributed by atoms with E-state index in [-0.39, 0.29) is 22.1 Å². The Bertz CT molecular complexity index is 803. The largest absolute Gasteiger partial charge is 0.341 e. The van der Waals surface area contributed by atoms with Gasteiger partial charge in [0.2, 0.25) is 5.91 Å². The average molecular weight is 394 g/mol. The highest BCUT2D eigenvalue weighted by Gasteiger charge is 2.30. The molecule has 1 atom stereocenters. The predicted octanol–water partition coefficient (Wildman–Crippen LogP) is 2.54. The van der Waals surface area contributed by atoms with Gasteiger partial charge in [-0.1, -0.05) is 18.9 Å². The smallest absolute Gasteiger partial charge is 0.319 e. The predicted molar refractivity (Wildman–Crippen MR) is 103 cm³/mol. The van der Waals surface area contributed by atoms with E-state index in [0.717, 1.165) is 25.8 Å². The summed E-state index contributed by atoms with van der Waals surface area (Å²) in [5.41, 5.74) is 0.441. The Balaban J connectivity index is 1.58. The fourth-order valence-electron chi connectivity index (χ4n) is 3.81. The quantitative estimate of drug-likeness (QED) is 0.776. The van der Waals surface area contributed by atoms with Crippen LogP contribution in [-0.4, -0.2) is 49.6 Å². The first-order valence-corrected chi connectivity index (χ1v) is 11.1. The van der Waals surface area contributed by atoms with Crippen LogP contribution in [0.1, 0.15) is 45.4 Å². The van der Waals surface area contributed by atoms with Crippen molar-refractivity contribution >= 4 is 27.5 Å². The molecule has 3 rings (SSSR count). The van der Waals surface area contributed by atoms with Crippen molar-refractivity contribution in [1.82, 2.24) is 10.2 Å². The van der Waals surface area contributed by atoms with Gasteiger partial charge in [-0.3, -0.25) is 4.79 Å². The summed E-state index contributed by atoms with van der Waals surface area (Å²) in [5.74, 6) is 0.119. The summed E-state index contributed by atoms with van der Waals surface area (Å²) in [7, 11) is -3.36. The Morgan fingerprint density at radius 2 is 2.00 bits per heavy atom. The minimum atomic E-state index is -3.36. The molecule has 1 saturated carbocycles. The topological polar surface area (TPSA) is 95.6 Å². The number of sulfone groups is 1. The van der Waals surface area contributed by atoms with E-state index in [1.165, 1.54) is 6.07 Å². The Kier molecular flexibility index (Phi) is 6.04. The van der Waals surface area contributed by atoms with Crippen molar-refractivity contribution in [3.63, 3.8) is 0 Å². The number of benzene rings is 1. The molecule has 0 unspecified atom stereocenters. The summed E-state index contributed by atoms with van der Waals surface area (Å²) < 4.78 is 25.4. The Morgan fingerprint density at radius 1 is 1.26 bits per heavy atom. The fraction of sp³-hybridized carbons (Fsp3) is 0.579. The molecule has 0 spiro atoms. The fourth-order valence-corrected chi connectivity index (χ4v) is 5.70.